The molecule has 1 fully saturated rings. The van der Waals surface area contributed by atoms with Crippen molar-refractivity contribution in [1.82, 2.24) is 4.98 Å². The third kappa shape index (κ3) is 3.60. The molecule has 0 aliphatic heterocycles. The summed E-state index contributed by atoms with van der Waals surface area (Å²) in [6.07, 6.45) is 5.33. The minimum absolute atomic E-state index is 0.489. The van der Waals surface area contributed by atoms with Crippen molar-refractivity contribution in [2.75, 3.05) is 11.9 Å². The molecule has 1 aliphatic rings. The van der Waals surface area contributed by atoms with Gasteiger partial charge in [-0.05, 0) is 49.2 Å². The summed E-state index contributed by atoms with van der Waals surface area (Å²) in [5, 5.41) is 1.16. The predicted molar refractivity (Wildman–Crippen MR) is 103 cm³/mol. The second-order valence-electron chi connectivity index (χ2n) is 6.83. The molecule has 2 aromatic carbocycles. The van der Waals surface area contributed by atoms with Gasteiger partial charge in [-0.15, -0.1) is 0 Å². The first-order valence-corrected chi connectivity index (χ1v) is 9.10. The molecule has 0 spiro atoms. The number of para-hydroxylation sites is 1. The number of ether oxygens (including phenoxy) is 1. The van der Waals surface area contributed by atoms with Gasteiger partial charge in [0.15, 0.2) is 0 Å². The van der Waals surface area contributed by atoms with Crippen LogP contribution in [0.2, 0.25) is 0 Å². The highest BCUT2D eigenvalue weighted by Gasteiger charge is 2.19. The second-order valence-corrected chi connectivity index (χ2v) is 6.83. The molecule has 3 nitrogen and oxygen atoms in total. The minimum Gasteiger partial charge on any atom is -0.487 e. The van der Waals surface area contributed by atoms with E-state index in [0.29, 0.717) is 12.6 Å². The molecule has 128 valence electrons. The standard InChI is InChI=1S/C22H24N2O/c1-24(19-7-3-4-8-19)20-12-14-21(15-13-20)25-16-18-11-10-17-6-2-5-9-22(17)23-18/h2,5-6,9-15,19H,3-4,7-8,16H2,1H3. The number of hydrogen-bond donors (Lipinski definition) is 0. The van der Waals surface area contributed by atoms with Crippen LogP contribution in [-0.2, 0) is 6.61 Å². The SMILES string of the molecule is CN(c1ccc(OCc2ccc3ccccc3n2)cc1)C1CCCC1. The fraction of sp³-hybridized carbons (Fsp3) is 0.318. The zero-order chi connectivity index (χ0) is 17.1. The van der Waals surface area contributed by atoms with Crippen molar-refractivity contribution in [3.63, 3.8) is 0 Å². The van der Waals surface area contributed by atoms with Crippen LogP contribution < -0.4 is 9.64 Å². The first-order valence-electron chi connectivity index (χ1n) is 9.10. The first-order chi connectivity index (χ1) is 12.3. The molecule has 1 aliphatic carbocycles. The second kappa shape index (κ2) is 7.14. The molecule has 1 heterocycles. The molecular formula is C22H24N2O. The van der Waals surface area contributed by atoms with Crippen LogP contribution in [0, 0.1) is 0 Å². The maximum Gasteiger partial charge on any atom is 0.130 e. The van der Waals surface area contributed by atoms with Gasteiger partial charge in [0, 0.05) is 24.2 Å². The van der Waals surface area contributed by atoms with Crippen LogP contribution in [0.5, 0.6) is 5.75 Å². The number of nitrogens with zero attached hydrogens (tertiary/aromatic N) is 2. The predicted octanol–water partition coefficient (Wildman–Crippen LogP) is 5.19. The summed E-state index contributed by atoms with van der Waals surface area (Å²) in [7, 11) is 2.20. The molecule has 0 atom stereocenters. The molecular weight excluding hydrogens is 308 g/mol. The van der Waals surface area contributed by atoms with E-state index in [9.17, 15) is 0 Å². The molecule has 3 heteroatoms. The Kier molecular flexibility index (Phi) is 4.55. The topological polar surface area (TPSA) is 25.4 Å². The summed E-state index contributed by atoms with van der Waals surface area (Å²) in [6.45, 7) is 0.489. The van der Waals surface area contributed by atoms with E-state index in [2.05, 4.69) is 53.3 Å². The number of anilines is 1. The van der Waals surface area contributed by atoms with Gasteiger partial charge in [0.05, 0.1) is 11.2 Å². The zero-order valence-corrected chi connectivity index (χ0v) is 14.7. The van der Waals surface area contributed by atoms with E-state index in [1.54, 1.807) is 0 Å². The van der Waals surface area contributed by atoms with Crippen molar-refractivity contribution in [1.29, 1.82) is 0 Å². The molecule has 25 heavy (non-hydrogen) atoms. The maximum atomic E-state index is 5.92. The minimum atomic E-state index is 0.489. The van der Waals surface area contributed by atoms with Crippen molar-refractivity contribution in [2.24, 2.45) is 0 Å². The Morgan fingerprint density at radius 3 is 2.52 bits per heavy atom. The first kappa shape index (κ1) is 15.9. The fourth-order valence-electron chi connectivity index (χ4n) is 3.63. The molecule has 0 saturated heterocycles. The Hall–Kier alpha value is -2.55. The van der Waals surface area contributed by atoms with Crippen LogP contribution in [0.4, 0.5) is 5.69 Å². The van der Waals surface area contributed by atoms with Crippen molar-refractivity contribution in [2.45, 2.75) is 38.3 Å². The Bertz CT molecular complexity index is 838. The number of benzene rings is 2. The molecule has 0 N–H and O–H groups in total. The summed E-state index contributed by atoms with van der Waals surface area (Å²) in [5.74, 6) is 0.888. The van der Waals surface area contributed by atoms with E-state index in [-0.39, 0.29) is 0 Å². The highest BCUT2D eigenvalue weighted by Crippen LogP contribution is 2.28. The third-order valence-corrected chi connectivity index (χ3v) is 5.16. The molecule has 4 rings (SSSR count). The van der Waals surface area contributed by atoms with E-state index in [4.69, 9.17) is 4.74 Å². The Labute approximate surface area is 149 Å². The monoisotopic (exact) mass is 332 g/mol. The quantitative estimate of drug-likeness (QED) is 0.643. The molecule has 1 saturated carbocycles. The maximum absolute atomic E-state index is 5.92. The lowest BCUT2D eigenvalue weighted by molar-refractivity contribution is 0.302. The van der Waals surface area contributed by atoms with E-state index in [1.807, 2.05) is 24.3 Å². The number of fused-ring (bicyclic) bond motifs is 1. The van der Waals surface area contributed by atoms with Crippen molar-refractivity contribution >= 4 is 16.6 Å². The van der Waals surface area contributed by atoms with Crippen LogP contribution in [0.1, 0.15) is 31.4 Å². The van der Waals surface area contributed by atoms with Gasteiger partial charge in [-0.3, -0.25) is 0 Å². The Balaban J connectivity index is 1.40. The van der Waals surface area contributed by atoms with E-state index >= 15 is 0 Å². The smallest absolute Gasteiger partial charge is 0.130 e. The van der Waals surface area contributed by atoms with Crippen molar-refractivity contribution in [3.8, 4) is 5.75 Å². The summed E-state index contributed by atoms with van der Waals surface area (Å²) < 4.78 is 5.92. The number of pyridine rings is 1. The third-order valence-electron chi connectivity index (χ3n) is 5.16. The Morgan fingerprint density at radius 1 is 0.960 bits per heavy atom. The molecule has 1 aromatic heterocycles. The van der Waals surface area contributed by atoms with E-state index < -0.39 is 0 Å². The van der Waals surface area contributed by atoms with Crippen LogP contribution in [0.3, 0.4) is 0 Å². The van der Waals surface area contributed by atoms with Gasteiger partial charge >= 0.3 is 0 Å². The summed E-state index contributed by atoms with van der Waals surface area (Å²) in [5.41, 5.74) is 3.23. The van der Waals surface area contributed by atoms with Gasteiger partial charge in [0.25, 0.3) is 0 Å². The summed E-state index contributed by atoms with van der Waals surface area (Å²) in [4.78, 5) is 7.06. The molecule has 0 amide bonds. The van der Waals surface area contributed by atoms with E-state index in [0.717, 1.165) is 22.3 Å². The highest BCUT2D eigenvalue weighted by atomic mass is 16.5. The summed E-state index contributed by atoms with van der Waals surface area (Å²) >= 11 is 0. The lowest BCUT2D eigenvalue weighted by atomic mass is 10.2. The fourth-order valence-corrected chi connectivity index (χ4v) is 3.63. The van der Waals surface area contributed by atoms with Crippen LogP contribution in [0.15, 0.2) is 60.7 Å². The largest absolute Gasteiger partial charge is 0.487 e. The average molecular weight is 332 g/mol. The zero-order valence-electron chi connectivity index (χ0n) is 14.7. The van der Waals surface area contributed by atoms with Gasteiger partial charge in [0.1, 0.15) is 12.4 Å². The van der Waals surface area contributed by atoms with Gasteiger partial charge < -0.3 is 9.64 Å². The average Bonchev–Trinajstić information content (AvgIpc) is 3.21. The summed E-state index contributed by atoms with van der Waals surface area (Å²) in [6, 6.07) is 21.4. The van der Waals surface area contributed by atoms with Crippen molar-refractivity contribution in [3.05, 3.63) is 66.4 Å². The van der Waals surface area contributed by atoms with Crippen LogP contribution in [0.25, 0.3) is 10.9 Å². The van der Waals surface area contributed by atoms with Crippen LogP contribution >= 0.6 is 0 Å². The lowest BCUT2D eigenvalue weighted by Gasteiger charge is -2.26. The van der Waals surface area contributed by atoms with Crippen LogP contribution in [-0.4, -0.2) is 18.1 Å². The number of aromatic nitrogens is 1. The molecule has 0 radical (unpaired) electrons. The van der Waals surface area contributed by atoms with Gasteiger partial charge in [-0.1, -0.05) is 37.1 Å². The van der Waals surface area contributed by atoms with Crippen molar-refractivity contribution < 1.29 is 4.74 Å². The molecule has 3 aromatic rings. The number of hydrogen-bond acceptors (Lipinski definition) is 3. The van der Waals surface area contributed by atoms with Gasteiger partial charge in [-0.2, -0.15) is 0 Å². The number of rotatable bonds is 5. The Morgan fingerprint density at radius 2 is 1.72 bits per heavy atom. The lowest BCUT2D eigenvalue weighted by Crippen LogP contribution is -2.28. The van der Waals surface area contributed by atoms with Gasteiger partial charge in [0.2, 0.25) is 0 Å². The molecule has 0 unspecified atom stereocenters. The van der Waals surface area contributed by atoms with Gasteiger partial charge in [-0.25, -0.2) is 4.98 Å². The highest BCUT2D eigenvalue weighted by molar-refractivity contribution is 5.78. The normalized spacial score (nSPS) is 14.8. The van der Waals surface area contributed by atoms with E-state index in [1.165, 1.54) is 31.4 Å². The molecule has 0 bridgehead atoms.